The first-order valence-corrected chi connectivity index (χ1v) is 10.3. The zero-order valence-electron chi connectivity index (χ0n) is 16.2. The molecule has 4 aliphatic carbocycles. The van der Waals surface area contributed by atoms with Crippen LogP contribution >= 0.6 is 0 Å². The highest BCUT2D eigenvalue weighted by Crippen LogP contribution is 2.66. The van der Waals surface area contributed by atoms with Crippen LogP contribution in [0.2, 0.25) is 0 Å². The second-order valence-electron chi connectivity index (χ2n) is 11.3. The SMILES string of the molecule is CC(C)(CC1CC12CCC(C(C)(C)C)CC2)OC1CC2CC2C1. The Bertz CT molecular complexity index is 439. The molecular formula is C22H38O. The third-order valence-electron chi connectivity index (χ3n) is 7.99. The molecule has 23 heavy (non-hydrogen) atoms. The number of hydrogen-bond donors (Lipinski definition) is 0. The Balaban J connectivity index is 1.26. The summed E-state index contributed by atoms with van der Waals surface area (Å²) in [6, 6.07) is 0. The molecule has 0 bridgehead atoms. The standard InChI is InChI=1S/C22H38O/c1-20(2,3)17-6-8-22(9-7-17)14-18(22)13-21(4,5)23-19-11-15-10-16(15)12-19/h15-19H,6-14H2,1-5H3. The van der Waals surface area contributed by atoms with Crippen LogP contribution in [0, 0.1) is 34.5 Å². The van der Waals surface area contributed by atoms with Crippen molar-refractivity contribution in [1.82, 2.24) is 0 Å². The minimum Gasteiger partial charge on any atom is -0.372 e. The number of fused-ring (bicyclic) bond motifs is 1. The third kappa shape index (κ3) is 3.37. The van der Waals surface area contributed by atoms with Crippen molar-refractivity contribution in [2.45, 2.75) is 104 Å². The summed E-state index contributed by atoms with van der Waals surface area (Å²) in [5, 5.41) is 0. The van der Waals surface area contributed by atoms with Gasteiger partial charge in [0.15, 0.2) is 0 Å². The van der Waals surface area contributed by atoms with E-state index in [1.807, 2.05) is 0 Å². The van der Waals surface area contributed by atoms with Crippen LogP contribution < -0.4 is 0 Å². The van der Waals surface area contributed by atoms with Gasteiger partial charge >= 0.3 is 0 Å². The molecular weight excluding hydrogens is 280 g/mol. The molecule has 0 aliphatic heterocycles. The highest BCUT2D eigenvalue weighted by Gasteiger charge is 2.57. The zero-order chi connectivity index (χ0) is 16.5. The number of ether oxygens (including phenoxy) is 1. The summed E-state index contributed by atoms with van der Waals surface area (Å²) >= 11 is 0. The van der Waals surface area contributed by atoms with Gasteiger partial charge in [-0.3, -0.25) is 0 Å². The Morgan fingerprint density at radius 3 is 2.09 bits per heavy atom. The van der Waals surface area contributed by atoms with Crippen LogP contribution in [0.25, 0.3) is 0 Å². The summed E-state index contributed by atoms with van der Waals surface area (Å²) in [5.41, 5.74) is 1.34. The van der Waals surface area contributed by atoms with Gasteiger partial charge in [0.1, 0.15) is 0 Å². The van der Waals surface area contributed by atoms with Crippen LogP contribution in [0.4, 0.5) is 0 Å². The molecule has 1 nitrogen and oxygen atoms in total. The van der Waals surface area contributed by atoms with Crippen molar-refractivity contribution in [1.29, 1.82) is 0 Å². The monoisotopic (exact) mass is 318 g/mol. The van der Waals surface area contributed by atoms with E-state index < -0.39 is 0 Å². The van der Waals surface area contributed by atoms with Gasteiger partial charge in [0, 0.05) is 0 Å². The molecule has 4 aliphatic rings. The van der Waals surface area contributed by atoms with Gasteiger partial charge in [0.25, 0.3) is 0 Å². The van der Waals surface area contributed by atoms with Crippen LogP contribution in [0.5, 0.6) is 0 Å². The highest BCUT2D eigenvalue weighted by atomic mass is 16.5. The van der Waals surface area contributed by atoms with E-state index in [-0.39, 0.29) is 5.60 Å². The predicted octanol–water partition coefficient (Wildman–Crippen LogP) is 6.21. The maximum absolute atomic E-state index is 6.56. The fraction of sp³-hybridized carbons (Fsp3) is 1.00. The Morgan fingerprint density at radius 2 is 1.52 bits per heavy atom. The van der Waals surface area contributed by atoms with Gasteiger partial charge in [-0.05, 0) is 106 Å². The maximum atomic E-state index is 6.56. The number of hydrogen-bond acceptors (Lipinski definition) is 1. The van der Waals surface area contributed by atoms with E-state index >= 15 is 0 Å². The molecule has 0 radical (unpaired) electrons. The maximum Gasteiger partial charge on any atom is 0.0633 e. The first kappa shape index (κ1) is 16.4. The van der Waals surface area contributed by atoms with Gasteiger partial charge in [-0.2, -0.15) is 0 Å². The van der Waals surface area contributed by atoms with Crippen molar-refractivity contribution in [2.24, 2.45) is 34.5 Å². The fourth-order valence-corrected chi connectivity index (χ4v) is 6.24. The van der Waals surface area contributed by atoms with Crippen molar-refractivity contribution >= 4 is 0 Å². The molecule has 3 unspecified atom stereocenters. The quantitative estimate of drug-likeness (QED) is 0.598. The van der Waals surface area contributed by atoms with Gasteiger partial charge < -0.3 is 4.74 Å². The van der Waals surface area contributed by atoms with Crippen LogP contribution in [0.1, 0.15) is 92.4 Å². The molecule has 1 spiro atoms. The molecule has 132 valence electrons. The summed E-state index contributed by atoms with van der Waals surface area (Å²) in [5.74, 6) is 3.98. The average molecular weight is 319 g/mol. The van der Waals surface area contributed by atoms with Crippen molar-refractivity contribution in [3.05, 3.63) is 0 Å². The van der Waals surface area contributed by atoms with Crippen molar-refractivity contribution in [3.63, 3.8) is 0 Å². The van der Waals surface area contributed by atoms with E-state index in [2.05, 4.69) is 34.6 Å². The van der Waals surface area contributed by atoms with Gasteiger partial charge in [0.2, 0.25) is 0 Å². The predicted molar refractivity (Wildman–Crippen MR) is 96.4 cm³/mol. The molecule has 0 N–H and O–H groups in total. The minimum atomic E-state index is 0.108. The smallest absolute Gasteiger partial charge is 0.0633 e. The van der Waals surface area contributed by atoms with Gasteiger partial charge in [0.05, 0.1) is 11.7 Å². The first-order chi connectivity index (χ1) is 10.7. The lowest BCUT2D eigenvalue weighted by molar-refractivity contribution is -0.0822. The molecule has 0 aromatic heterocycles. The topological polar surface area (TPSA) is 9.23 Å². The summed E-state index contributed by atoms with van der Waals surface area (Å²) in [6.45, 7) is 12.0. The summed E-state index contributed by atoms with van der Waals surface area (Å²) in [7, 11) is 0. The summed E-state index contributed by atoms with van der Waals surface area (Å²) < 4.78 is 6.56. The Labute approximate surface area is 143 Å². The Morgan fingerprint density at radius 1 is 0.913 bits per heavy atom. The van der Waals surface area contributed by atoms with E-state index in [0.29, 0.717) is 11.5 Å². The van der Waals surface area contributed by atoms with E-state index in [1.165, 1.54) is 57.8 Å². The molecule has 0 saturated heterocycles. The molecule has 3 atom stereocenters. The van der Waals surface area contributed by atoms with Crippen molar-refractivity contribution < 1.29 is 4.74 Å². The fourth-order valence-electron chi connectivity index (χ4n) is 6.24. The van der Waals surface area contributed by atoms with Crippen LogP contribution in [-0.4, -0.2) is 11.7 Å². The Hall–Kier alpha value is -0.0400. The molecule has 4 fully saturated rings. The molecule has 0 amide bonds. The second kappa shape index (κ2) is 5.23. The lowest BCUT2D eigenvalue weighted by atomic mass is 9.68. The van der Waals surface area contributed by atoms with Crippen molar-refractivity contribution in [2.75, 3.05) is 0 Å². The van der Waals surface area contributed by atoms with Gasteiger partial charge in [-0.15, -0.1) is 0 Å². The molecule has 0 heterocycles. The van der Waals surface area contributed by atoms with Crippen LogP contribution in [0.15, 0.2) is 0 Å². The molecule has 0 aromatic carbocycles. The lowest BCUT2D eigenvalue weighted by Gasteiger charge is -2.38. The van der Waals surface area contributed by atoms with Crippen LogP contribution in [0.3, 0.4) is 0 Å². The largest absolute Gasteiger partial charge is 0.372 e. The van der Waals surface area contributed by atoms with Gasteiger partial charge in [-0.25, -0.2) is 0 Å². The summed E-state index contributed by atoms with van der Waals surface area (Å²) in [6.07, 6.45) is 13.5. The Kier molecular flexibility index (Phi) is 3.73. The van der Waals surface area contributed by atoms with Crippen molar-refractivity contribution in [3.8, 4) is 0 Å². The summed E-state index contributed by atoms with van der Waals surface area (Å²) in [4.78, 5) is 0. The van der Waals surface area contributed by atoms with Gasteiger partial charge in [-0.1, -0.05) is 20.8 Å². The second-order valence-corrected chi connectivity index (χ2v) is 11.3. The molecule has 4 rings (SSSR count). The van der Waals surface area contributed by atoms with Crippen LogP contribution in [-0.2, 0) is 4.74 Å². The van der Waals surface area contributed by atoms with E-state index in [1.54, 1.807) is 0 Å². The third-order valence-corrected chi connectivity index (χ3v) is 7.99. The molecule has 4 saturated carbocycles. The lowest BCUT2D eigenvalue weighted by Crippen LogP contribution is -2.32. The minimum absolute atomic E-state index is 0.108. The zero-order valence-corrected chi connectivity index (χ0v) is 16.2. The molecule has 0 aromatic rings. The molecule has 1 heteroatoms. The normalized spacial score (nSPS) is 46.0. The van der Waals surface area contributed by atoms with E-state index in [0.717, 1.165) is 29.1 Å². The average Bonchev–Trinajstić information content (AvgIpc) is 3.26. The van der Waals surface area contributed by atoms with E-state index in [4.69, 9.17) is 4.74 Å². The van der Waals surface area contributed by atoms with E-state index in [9.17, 15) is 0 Å². The first-order valence-electron chi connectivity index (χ1n) is 10.3. The highest BCUT2D eigenvalue weighted by molar-refractivity contribution is 5.07. The number of rotatable bonds is 4.